The Morgan fingerprint density at radius 1 is 1.26 bits per heavy atom. The van der Waals surface area contributed by atoms with Crippen molar-refractivity contribution in [3.63, 3.8) is 0 Å². The maximum Gasteiger partial charge on any atom is 0.297 e. The second-order valence-electron chi connectivity index (χ2n) is 4.63. The van der Waals surface area contributed by atoms with Gasteiger partial charge in [0.25, 0.3) is 6.01 Å². The maximum atomic E-state index is 5.52. The highest BCUT2D eigenvalue weighted by atomic mass is 16.5. The summed E-state index contributed by atoms with van der Waals surface area (Å²) in [5.41, 5.74) is 0.906. The smallest absolute Gasteiger partial charge is 0.297 e. The first-order chi connectivity index (χ1) is 9.17. The summed E-state index contributed by atoms with van der Waals surface area (Å²) >= 11 is 0. The molecule has 1 aromatic rings. The van der Waals surface area contributed by atoms with E-state index < -0.39 is 0 Å². The Kier molecular flexibility index (Phi) is 7.47. The first kappa shape index (κ1) is 15.9. The van der Waals surface area contributed by atoms with E-state index in [2.05, 4.69) is 24.1 Å². The summed E-state index contributed by atoms with van der Waals surface area (Å²) in [6.45, 7) is 7.64. The van der Waals surface area contributed by atoms with Crippen molar-refractivity contribution in [1.82, 2.24) is 10.3 Å². The van der Waals surface area contributed by atoms with Crippen LogP contribution in [-0.2, 0) is 16.0 Å². The zero-order chi connectivity index (χ0) is 14.1. The fourth-order valence-electron chi connectivity index (χ4n) is 1.54. The molecule has 6 heteroatoms. The van der Waals surface area contributed by atoms with Crippen molar-refractivity contribution >= 4 is 6.01 Å². The summed E-state index contributed by atoms with van der Waals surface area (Å²) < 4.78 is 15.7. The van der Waals surface area contributed by atoms with Gasteiger partial charge in [0.15, 0.2) is 0 Å². The van der Waals surface area contributed by atoms with Gasteiger partial charge in [0.05, 0.1) is 18.9 Å². The molecule has 0 fully saturated rings. The predicted octanol–water partition coefficient (Wildman–Crippen LogP) is 1.27. The largest absolute Gasteiger partial charge is 0.432 e. The summed E-state index contributed by atoms with van der Waals surface area (Å²) in [5, 5.41) is 3.31. The number of anilines is 1. The van der Waals surface area contributed by atoms with Gasteiger partial charge in [0.1, 0.15) is 6.26 Å². The molecule has 0 aliphatic carbocycles. The molecule has 0 unspecified atom stereocenters. The number of hydrogen-bond donors (Lipinski definition) is 1. The van der Waals surface area contributed by atoms with Gasteiger partial charge in [-0.2, -0.15) is 4.98 Å². The van der Waals surface area contributed by atoms with Crippen LogP contribution in [0.15, 0.2) is 10.7 Å². The van der Waals surface area contributed by atoms with Gasteiger partial charge in [-0.25, -0.2) is 0 Å². The van der Waals surface area contributed by atoms with Gasteiger partial charge < -0.3 is 24.1 Å². The molecular weight excluding hydrogens is 246 g/mol. The molecule has 0 saturated heterocycles. The number of oxazole rings is 1. The first-order valence-corrected chi connectivity index (χ1v) is 6.58. The van der Waals surface area contributed by atoms with Crippen molar-refractivity contribution < 1.29 is 13.9 Å². The fourth-order valence-corrected chi connectivity index (χ4v) is 1.54. The standard InChI is InChI=1S/C13H25N3O3/c1-11(2)14-9-12-10-19-13(15-12)16(5-7-17-3)6-8-18-4/h10-11,14H,5-9H2,1-4H3. The number of aromatic nitrogens is 1. The number of nitrogens with one attached hydrogen (secondary N) is 1. The third kappa shape index (κ3) is 6.04. The highest BCUT2D eigenvalue weighted by molar-refractivity contribution is 5.26. The van der Waals surface area contributed by atoms with Crippen molar-refractivity contribution in [3.8, 4) is 0 Å². The van der Waals surface area contributed by atoms with Crippen LogP contribution in [0.4, 0.5) is 6.01 Å². The normalized spacial score (nSPS) is 11.2. The van der Waals surface area contributed by atoms with E-state index in [0.29, 0.717) is 31.8 Å². The first-order valence-electron chi connectivity index (χ1n) is 6.58. The van der Waals surface area contributed by atoms with Crippen LogP contribution in [0.25, 0.3) is 0 Å². The second kappa shape index (κ2) is 8.90. The van der Waals surface area contributed by atoms with Crippen molar-refractivity contribution in [2.24, 2.45) is 0 Å². The molecule has 1 rings (SSSR count). The van der Waals surface area contributed by atoms with E-state index in [1.54, 1.807) is 20.5 Å². The third-order valence-corrected chi connectivity index (χ3v) is 2.63. The molecule has 1 heterocycles. The second-order valence-corrected chi connectivity index (χ2v) is 4.63. The van der Waals surface area contributed by atoms with Gasteiger partial charge in [-0.15, -0.1) is 0 Å². The van der Waals surface area contributed by atoms with Crippen molar-refractivity contribution in [2.45, 2.75) is 26.4 Å². The minimum atomic E-state index is 0.429. The lowest BCUT2D eigenvalue weighted by Gasteiger charge is -2.19. The van der Waals surface area contributed by atoms with Crippen LogP contribution in [0.3, 0.4) is 0 Å². The lowest BCUT2D eigenvalue weighted by molar-refractivity contribution is 0.188. The molecule has 0 aromatic carbocycles. The van der Waals surface area contributed by atoms with Crippen LogP contribution in [0.2, 0.25) is 0 Å². The van der Waals surface area contributed by atoms with Gasteiger partial charge in [0.2, 0.25) is 0 Å². The molecule has 0 radical (unpaired) electrons. The quantitative estimate of drug-likeness (QED) is 0.691. The van der Waals surface area contributed by atoms with E-state index in [1.165, 1.54) is 0 Å². The van der Waals surface area contributed by atoms with Gasteiger partial charge in [-0.3, -0.25) is 0 Å². The molecule has 0 spiro atoms. The van der Waals surface area contributed by atoms with Crippen LogP contribution in [-0.4, -0.2) is 51.5 Å². The Balaban J connectivity index is 2.56. The van der Waals surface area contributed by atoms with E-state index in [-0.39, 0.29) is 0 Å². The summed E-state index contributed by atoms with van der Waals surface area (Å²) in [6.07, 6.45) is 1.69. The fraction of sp³-hybridized carbons (Fsp3) is 0.769. The van der Waals surface area contributed by atoms with Crippen molar-refractivity contribution in [1.29, 1.82) is 0 Å². The number of hydrogen-bond acceptors (Lipinski definition) is 6. The van der Waals surface area contributed by atoms with E-state index in [1.807, 2.05) is 4.90 Å². The molecule has 1 N–H and O–H groups in total. The lowest BCUT2D eigenvalue weighted by atomic mass is 10.4. The minimum Gasteiger partial charge on any atom is -0.432 e. The summed E-state index contributed by atoms with van der Waals surface area (Å²) in [5.74, 6) is 0. The van der Waals surface area contributed by atoms with Crippen molar-refractivity contribution in [2.75, 3.05) is 45.4 Å². The van der Waals surface area contributed by atoms with E-state index in [9.17, 15) is 0 Å². The SMILES string of the molecule is COCCN(CCOC)c1nc(CNC(C)C)co1. The molecule has 0 aliphatic heterocycles. The van der Waals surface area contributed by atoms with Gasteiger partial charge in [-0.05, 0) is 0 Å². The Morgan fingerprint density at radius 3 is 2.42 bits per heavy atom. The number of nitrogens with zero attached hydrogens (tertiary/aromatic N) is 2. The number of methoxy groups -OCH3 is 2. The average Bonchev–Trinajstić information content (AvgIpc) is 2.85. The lowest BCUT2D eigenvalue weighted by Crippen LogP contribution is -2.31. The molecule has 0 atom stereocenters. The minimum absolute atomic E-state index is 0.429. The number of ether oxygens (including phenoxy) is 2. The Labute approximate surface area is 115 Å². The zero-order valence-electron chi connectivity index (χ0n) is 12.3. The maximum absolute atomic E-state index is 5.52. The summed E-state index contributed by atoms with van der Waals surface area (Å²) in [6, 6.07) is 1.05. The van der Waals surface area contributed by atoms with Crippen LogP contribution < -0.4 is 10.2 Å². The molecule has 0 amide bonds. The van der Waals surface area contributed by atoms with E-state index >= 15 is 0 Å². The van der Waals surface area contributed by atoms with Crippen LogP contribution in [0.1, 0.15) is 19.5 Å². The molecule has 6 nitrogen and oxygen atoms in total. The van der Waals surface area contributed by atoms with E-state index in [0.717, 1.165) is 18.8 Å². The van der Waals surface area contributed by atoms with E-state index in [4.69, 9.17) is 13.9 Å². The highest BCUT2D eigenvalue weighted by Crippen LogP contribution is 2.13. The van der Waals surface area contributed by atoms with Gasteiger partial charge >= 0.3 is 0 Å². The molecule has 0 saturated carbocycles. The Hall–Kier alpha value is -1.11. The molecule has 1 aromatic heterocycles. The van der Waals surface area contributed by atoms with Crippen LogP contribution in [0.5, 0.6) is 0 Å². The highest BCUT2D eigenvalue weighted by Gasteiger charge is 2.12. The molecular formula is C13H25N3O3. The molecule has 0 bridgehead atoms. The Bertz CT molecular complexity index is 334. The van der Waals surface area contributed by atoms with Gasteiger partial charge in [-0.1, -0.05) is 13.8 Å². The third-order valence-electron chi connectivity index (χ3n) is 2.63. The molecule has 19 heavy (non-hydrogen) atoms. The number of rotatable bonds is 10. The summed E-state index contributed by atoms with van der Waals surface area (Å²) in [7, 11) is 3.37. The monoisotopic (exact) mass is 271 g/mol. The average molecular weight is 271 g/mol. The molecule has 110 valence electrons. The molecule has 0 aliphatic rings. The Morgan fingerprint density at radius 2 is 1.89 bits per heavy atom. The van der Waals surface area contributed by atoms with Crippen molar-refractivity contribution in [3.05, 3.63) is 12.0 Å². The predicted molar refractivity (Wildman–Crippen MR) is 74.4 cm³/mol. The van der Waals surface area contributed by atoms with Crippen LogP contribution >= 0.6 is 0 Å². The summed E-state index contributed by atoms with van der Waals surface area (Å²) in [4.78, 5) is 6.49. The van der Waals surface area contributed by atoms with Crippen LogP contribution in [0, 0.1) is 0 Å². The topological polar surface area (TPSA) is 59.8 Å². The zero-order valence-corrected chi connectivity index (χ0v) is 12.3. The van der Waals surface area contributed by atoms with Gasteiger partial charge in [0, 0.05) is 39.9 Å².